The van der Waals surface area contributed by atoms with Gasteiger partial charge in [-0.05, 0) is 49.8 Å². The number of carbonyl (C=O) groups is 2. The number of ether oxygens (including phenoxy) is 1. The number of carbonyl (C=O) groups excluding carboxylic acids is 1. The molecule has 2 N–H and O–H groups in total. The maximum atomic E-state index is 12.3. The number of carboxylic acids is 1. The molecule has 2 rings (SSSR count). The lowest BCUT2D eigenvalue weighted by molar-refractivity contribution is -0.132. The summed E-state index contributed by atoms with van der Waals surface area (Å²) in [7, 11) is 1.50. The van der Waals surface area contributed by atoms with Crippen molar-refractivity contribution in [1.29, 1.82) is 0 Å². The minimum absolute atomic E-state index is 0.0647. The zero-order chi connectivity index (χ0) is 19.3. The fourth-order valence-electron chi connectivity index (χ4n) is 2.73. The summed E-state index contributed by atoms with van der Waals surface area (Å²) >= 11 is 6.05. The lowest BCUT2D eigenvalue weighted by Gasteiger charge is -2.19. The van der Waals surface area contributed by atoms with Crippen molar-refractivity contribution in [2.45, 2.75) is 19.9 Å². The van der Waals surface area contributed by atoms with Gasteiger partial charge in [0, 0.05) is 16.1 Å². The number of hydrogen-bond donors (Lipinski definition) is 2. The van der Waals surface area contributed by atoms with Crippen LogP contribution in [0.15, 0.2) is 54.1 Å². The predicted molar refractivity (Wildman–Crippen MR) is 102 cm³/mol. The van der Waals surface area contributed by atoms with Gasteiger partial charge in [0.05, 0.1) is 18.7 Å². The second kappa shape index (κ2) is 8.54. The first-order chi connectivity index (χ1) is 12.3. The van der Waals surface area contributed by atoms with E-state index in [0.29, 0.717) is 27.5 Å². The SMILES string of the molecule is COc1ccc(Cl)cc1C(C)=C(C(=O)O)C(C)NC(=O)c1ccccc1. The average molecular weight is 374 g/mol. The molecule has 136 valence electrons. The highest BCUT2D eigenvalue weighted by atomic mass is 35.5. The number of hydrogen-bond acceptors (Lipinski definition) is 3. The summed E-state index contributed by atoms with van der Waals surface area (Å²) in [5, 5.41) is 12.9. The number of carboxylic acid groups (broad SMARTS) is 1. The fraction of sp³-hybridized carbons (Fsp3) is 0.200. The van der Waals surface area contributed by atoms with E-state index in [9.17, 15) is 14.7 Å². The van der Waals surface area contributed by atoms with Crippen LogP contribution in [0.4, 0.5) is 0 Å². The third-order valence-corrected chi connectivity index (χ3v) is 4.25. The molecule has 0 aromatic heterocycles. The van der Waals surface area contributed by atoms with Crippen molar-refractivity contribution in [3.8, 4) is 5.75 Å². The highest BCUT2D eigenvalue weighted by Gasteiger charge is 2.23. The van der Waals surface area contributed by atoms with E-state index < -0.39 is 12.0 Å². The smallest absolute Gasteiger partial charge is 0.333 e. The van der Waals surface area contributed by atoms with Gasteiger partial charge < -0.3 is 15.2 Å². The minimum Gasteiger partial charge on any atom is -0.496 e. The molecule has 1 amide bonds. The van der Waals surface area contributed by atoms with E-state index in [4.69, 9.17) is 16.3 Å². The number of amides is 1. The zero-order valence-electron chi connectivity index (χ0n) is 14.7. The molecule has 0 bridgehead atoms. The van der Waals surface area contributed by atoms with Gasteiger partial charge in [-0.3, -0.25) is 4.79 Å². The predicted octanol–water partition coefficient (Wildman–Crippen LogP) is 4.03. The number of nitrogens with one attached hydrogen (secondary N) is 1. The van der Waals surface area contributed by atoms with E-state index in [2.05, 4.69) is 5.32 Å². The highest BCUT2D eigenvalue weighted by molar-refractivity contribution is 6.30. The Morgan fingerprint density at radius 3 is 2.38 bits per heavy atom. The number of aliphatic carboxylic acids is 1. The van der Waals surface area contributed by atoms with E-state index in [0.717, 1.165) is 0 Å². The second-order valence-electron chi connectivity index (χ2n) is 5.75. The Morgan fingerprint density at radius 2 is 1.81 bits per heavy atom. The normalized spacial score (nSPS) is 12.8. The molecule has 1 unspecified atom stereocenters. The molecule has 0 saturated heterocycles. The molecule has 2 aromatic carbocycles. The first kappa shape index (κ1) is 19.5. The minimum atomic E-state index is -1.12. The lowest BCUT2D eigenvalue weighted by atomic mass is 9.96. The van der Waals surface area contributed by atoms with Crippen LogP contribution in [0.3, 0.4) is 0 Å². The number of allylic oxidation sites excluding steroid dienone is 1. The molecule has 0 aliphatic rings. The maximum absolute atomic E-state index is 12.3. The van der Waals surface area contributed by atoms with Crippen molar-refractivity contribution < 1.29 is 19.4 Å². The Hall–Kier alpha value is -2.79. The van der Waals surface area contributed by atoms with Crippen LogP contribution < -0.4 is 10.1 Å². The van der Waals surface area contributed by atoms with Crippen LogP contribution in [0, 0.1) is 0 Å². The summed E-state index contributed by atoms with van der Waals surface area (Å²) in [6.45, 7) is 3.30. The van der Waals surface area contributed by atoms with Crippen molar-refractivity contribution in [2.75, 3.05) is 7.11 Å². The largest absolute Gasteiger partial charge is 0.496 e. The number of rotatable bonds is 6. The van der Waals surface area contributed by atoms with Gasteiger partial charge >= 0.3 is 5.97 Å². The number of halogens is 1. The van der Waals surface area contributed by atoms with E-state index >= 15 is 0 Å². The van der Waals surface area contributed by atoms with E-state index in [-0.39, 0.29) is 11.5 Å². The molecule has 1 atom stereocenters. The second-order valence-corrected chi connectivity index (χ2v) is 6.19. The standard InChI is InChI=1S/C20H20ClNO4/c1-12(16-11-15(21)9-10-17(16)26-3)18(20(24)25)13(2)22-19(23)14-7-5-4-6-8-14/h4-11,13H,1-3H3,(H,22,23)(H,24,25). The quantitative estimate of drug-likeness (QED) is 0.750. The maximum Gasteiger partial charge on any atom is 0.333 e. The van der Waals surface area contributed by atoms with Gasteiger partial charge in [-0.1, -0.05) is 29.8 Å². The summed E-state index contributed by atoms with van der Waals surface area (Å²) < 4.78 is 5.31. The van der Waals surface area contributed by atoms with Gasteiger partial charge in [0.25, 0.3) is 5.91 Å². The highest BCUT2D eigenvalue weighted by Crippen LogP contribution is 2.31. The summed E-state index contributed by atoms with van der Waals surface area (Å²) in [6, 6.07) is 12.9. The molecule has 6 heteroatoms. The van der Waals surface area contributed by atoms with Gasteiger partial charge in [0.1, 0.15) is 5.75 Å². The molecule has 5 nitrogen and oxygen atoms in total. The summed E-state index contributed by atoms with van der Waals surface area (Å²) in [5.41, 5.74) is 1.56. The van der Waals surface area contributed by atoms with E-state index in [1.807, 2.05) is 0 Å². The van der Waals surface area contributed by atoms with Crippen LogP contribution in [0.1, 0.15) is 29.8 Å². The number of benzene rings is 2. The third kappa shape index (κ3) is 4.43. The van der Waals surface area contributed by atoms with Crippen LogP contribution in [-0.2, 0) is 4.79 Å². The first-order valence-corrected chi connectivity index (χ1v) is 8.36. The van der Waals surface area contributed by atoms with Crippen LogP contribution >= 0.6 is 11.6 Å². The van der Waals surface area contributed by atoms with Crippen molar-refractivity contribution in [3.63, 3.8) is 0 Å². The topological polar surface area (TPSA) is 75.6 Å². The molecule has 0 aliphatic carbocycles. The van der Waals surface area contributed by atoms with Gasteiger partial charge in [-0.25, -0.2) is 4.79 Å². The Balaban J connectivity index is 2.41. The number of methoxy groups -OCH3 is 1. The Labute approximate surface area is 157 Å². The molecule has 0 aliphatic heterocycles. The van der Waals surface area contributed by atoms with E-state index in [1.165, 1.54) is 7.11 Å². The van der Waals surface area contributed by atoms with Gasteiger partial charge in [-0.15, -0.1) is 0 Å². The molecule has 0 heterocycles. The Morgan fingerprint density at radius 1 is 1.15 bits per heavy atom. The van der Waals surface area contributed by atoms with Crippen molar-refractivity contribution >= 4 is 29.1 Å². The summed E-state index contributed by atoms with van der Waals surface area (Å²) in [6.07, 6.45) is 0. The third-order valence-electron chi connectivity index (χ3n) is 4.02. The van der Waals surface area contributed by atoms with Crippen molar-refractivity contribution in [1.82, 2.24) is 5.32 Å². The molecular weight excluding hydrogens is 354 g/mol. The summed E-state index contributed by atoms with van der Waals surface area (Å²) in [4.78, 5) is 24.2. The molecule has 26 heavy (non-hydrogen) atoms. The lowest BCUT2D eigenvalue weighted by Crippen LogP contribution is -2.36. The first-order valence-electron chi connectivity index (χ1n) is 7.99. The average Bonchev–Trinajstić information content (AvgIpc) is 2.62. The van der Waals surface area contributed by atoms with Crippen molar-refractivity contribution in [3.05, 3.63) is 70.3 Å². The van der Waals surface area contributed by atoms with Crippen molar-refractivity contribution in [2.24, 2.45) is 0 Å². The molecule has 0 fully saturated rings. The molecular formula is C20H20ClNO4. The Kier molecular flexibility index (Phi) is 6.41. The van der Waals surface area contributed by atoms with Gasteiger partial charge in [0.15, 0.2) is 0 Å². The molecule has 0 spiro atoms. The zero-order valence-corrected chi connectivity index (χ0v) is 15.5. The Bertz CT molecular complexity index is 846. The van der Waals surface area contributed by atoms with Crippen LogP contribution in [0.5, 0.6) is 5.75 Å². The fourth-order valence-corrected chi connectivity index (χ4v) is 2.90. The van der Waals surface area contributed by atoms with Crippen LogP contribution in [0.25, 0.3) is 5.57 Å². The van der Waals surface area contributed by atoms with Gasteiger partial charge in [0.2, 0.25) is 0 Å². The van der Waals surface area contributed by atoms with Crippen LogP contribution in [-0.4, -0.2) is 30.1 Å². The van der Waals surface area contributed by atoms with Crippen LogP contribution in [0.2, 0.25) is 5.02 Å². The summed E-state index contributed by atoms with van der Waals surface area (Å²) in [5.74, 6) is -0.958. The molecule has 2 aromatic rings. The monoisotopic (exact) mass is 373 g/mol. The van der Waals surface area contributed by atoms with Gasteiger partial charge in [-0.2, -0.15) is 0 Å². The molecule has 0 saturated carbocycles. The van der Waals surface area contributed by atoms with E-state index in [1.54, 1.807) is 62.4 Å². The molecule has 0 radical (unpaired) electrons.